The van der Waals surface area contributed by atoms with Crippen molar-refractivity contribution < 1.29 is 0 Å². The number of aryl methyl sites for hydroxylation is 1. The van der Waals surface area contributed by atoms with E-state index in [0.29, 0.717) is 0 Å². The summed E-state index contributed by atoms with van der Waals surface area (Å²) in [5, 5.41) is 14.7. The molecule has 0 bridgehead atoms. The number of hydrogen-bond donors (Lipinski definition) is 2. The van der Waals surface area contributed by atoms with Gasteiger partial charge in [0.15, 0.2) is 0 Å². The van der Waals surface area contributed by atoms with E-state index in [0.717, 1.165) is 34.1 Å². The van der Waals surface area contributed by atoms with Crippen LogP contribution in [0, 0.1) is 0 Å². The van der Waals surface area contributed by atoms with Crippen molar-refractivity contribution in [2.75, 3.05) is 5.32 Å². The number of nitrogens with zero attached hydrogens (tertiary/aromatic N) is 3. The maximum atomic E-state index is 4.35. The largest absolute Gasteiger partial charge is 0.356 e. The highest BCUT2D eigenvalue weighted by Crippen LogP contribution is 2.27. The average Bonchev–Trinajstić information content (AvgIpc) is 3.28. The average molecular weight is 335 g/mol. The molecule has 0 saturated carbocycles. The molecule has 0 fully saturated rings. The van der Waals surface area contributed by atoms with Gasteiger partial charge in [-0.25, -0.2) is 4.98 Å². The van der Waals surface area contributed by atoms with Crippen molar-refractivity contribution in [2.24, 2.45) is 0 Å². The normalized spacial score (nSPS) is 11.0. The second-order valence-electron chi connectivity index (χ2n) is 5.51. The fourth-order valence-corrected chi connectivity index (χ4v) is 3.38. The number of anilines is 1. The molecule has 0 amide bonds. The second-order valence-corrected chi connectivity index (χ2v) is 6.57. The minimum atomic E-state index is 0.730. The second kappa shape index (κ2) is 6.41. The molecule has 6 heteroatoms. The predicted octanol–water partition coefficient (Wildman–Crippen LogP) is 4.26. The van der Waals surface area contributed by atoms with Crippen molar-refractivity contribution in [3.63, 3.8) is 0 Å². The van der Waals surface area contributed by atoms with E-state index in [1.165, 1.54) is 16.7 Å². The summed E-state index contributed by atoms with van der Waals surface area (Å²) in [6, 6.07) is 12.7. The molecule has 1 aromatic carbocycles. The number of rotatable bonds is 5. The first-order chi connectivity index (χ1) is 11.8. The van der Waals surface area contributed by atoms with Crippen molar-refractivity contribution in [1.29, 1.82) is 0 Å². The van der Waals surface area contributed by atoms with Gasteiger partial charge in [-0.3, -0.25) is 0 Å². The van der Waals surface area contributed by atoms with Crippen LogP contribution in [0.15, 0.2) is 48.8 Å². The number of H-pyrrole nitrogens is 1. The molecular weight excluding hydrogens is 318 g/mol. The molecule has 5 nitrogen and oxygen atoms in total. The molecule has 0 aliphatic heterocycles. The zero-order valence-electron chi connectivity index (χ0n) is 13.3. The van der Waals surface area contributed by atoms with Crippen molar-refractivity contribution in [3.8, 4) is 11.1 Å². The molecule has 120 valence electrons. The van der Waals surface area contributed by atoms with Gasteiger partial charge in [0, 0.05) is 24.3 Å². The van der Waals surface area contributed by atoms with E-state index in [1.54, 1.807) is 11.3 Å². The Bertz CT molecular complexity index is 972. The van der Waals surface area contributed by atoms with E-state index in [1.807, 2.05) is 12.4 Å². The lowest BCUT2D eigenvalue weighted by Crippen LogP contribution is -1.99. The maximum absolute atomic E-state index is 4.35. The number of benzene rings is 1. The summed E-state index contributed by atoms with van der Waals surface area (Å²) < 4.78 is 0. The van der Waals surface area contributed by atoms with Crippen LogP contribution in [-0.2, 0) is 13.0 Å². The molecule has 2 N–H and O–H groups in total. The molecule has 0 radical (unpaired) electrons. The van der Waals surface area contributed by atoms with Gasteiger partial charge >= 0.3 is 0 Å². The van der Waals surface area contributed by atoms with Crippen LogP contribution in [0.1, 0.15) is 17.5 Å². The molecule has 0 spiro atoms. The van der Waals surface area contributed by atoms with Gasteiger partial charge in [-0.2, -0.15) is 0 Å². The summed E-state index contributed by atoms with van der Waals surface area (Å²) in [4.78, 5) is 7.52. The number of hydrogen-bond acceptors (Lipinski definition) is 5. The number of pyridine rings is 1. The van der Waals surface area contributed by atoms with E-state index in [4.69, 9.17) is 0 Å². The lowest BCUT2D eigenvalue weighted by atomic mass is 10.0. The Balaban J connectivity index is 1.58. The summed E-state index contributed by atoms with van der Waals surface area (Å²) in [5.41, 5.74) is 4.50. The van der Waals surface area contributed by atoms with Crippen molar-refractivity contribution in [3.05, 3.63) is 59.4 Å². The quantitative estimate of drug-likeness (QED) is 0.572. The molecule has 0 saturated heterocycles. The van der Waals surface area contributed by atoms with Gasteiger partial charge < -0.3 is 10.3 Å². The number of aromatic amines is 1. The highest BCUT2D eigenvalue weighted by Gasteiger charge is 2.07. The summed E-state index contributed by atoms with van der Waals surface area (Å²) >= 11 is 1.61. The van der Waals surface area contributed by atoms with E-state index >= 15 is 0 Å². The Hall–Kier alpha value is -2.73. The monoisotopic (exact) mass is 335 g/mol. The summed E-state index contributed by atoms with van der Waals surface area (Å²) in [7, 11) is 0. The molecule has 3 heterocycles. The first kappa shape index (κ1) is 14.8. The van der Waals surface area contributed by atoms with Crippen LogP contribution in [0.3, 0.4) is 0 Å². The van der Waals surface area contributed by atoms with Gasteiger partial charge in [0.1, 0.15) is 10.7 Å². The van der Waals surface area contributed by atoms with Gasteiger partial charge in [-0.15, -0.1) is 10.2 Å². The Morgan fingerprint density at radius 2 is 2.12 bits per heavy atom. The van der Waals surface area contributed by atoms with Crippen LogP contribution in [0.25, 0.3) is 22.2 Å². The number of aromatic nitrogens is 4. The van der Waals surface area contributed by atoms with E-state index in [-0.39, 0.29) is 0 Å². The van der Waals surface area contributed by atoms with Gasteiger partial charge in [0.25, 0.3) is 0 Å². The molecule has 4 aromatic rings. The van der Waals surface area contributed by atoms with Crippen LogP contribution in [0.5, 0.6) is 0 Å². The van der Waals surface area contributed by atoms with Gasteiger partial charge in [0.05, 0.1) is 0 Å². The minimum Gasteiger partial charge on any atom is -0.356 e. The van der Waals surface area contributed by atoms with E-state index in [2.05, 4.69) is 68.8 Å². The molecule has 24 heavy (non-hydrogen) atoms. The molecule has 0 aliphatic carbocycles. The number of nitrogens with one attached hydrogen (secondary N) is 2. The van der Waals surface area contributed by atoms with Crippen LogP contribution < -0.4 is 5.32 Å². The third-order valence-corrected chi connectivity index (χ3v) is 4.94. The molecule has 0 aliphatic rings. The molecular formula is C18H17N5S. The molecule has 0 atom stereocenters. The molecule has 4 rings (SSSR count). The Morgan fingerprint density at radius 1 is 1.17 bits per heavy atom. The van der Waals surface area contributed by atoms with E-state index < -0.39 is 0 Å². The third kappa shape index (κ3) is 2.88. The zero-order valence-corrected chi connectivity index (χ0v) is 14.1. The highest BCUT2D eigenvalue weighted by atomic mass is 32.1. The van der Waals surface area contributed by atoms with Crippen LogP contribution >= 0.6 is 11.3 Å². The SMILES string of the molecule is CCc1nnc(NCc2cccc(-c3ccnc4[nH]ccc34)c2)s1. The third-order valence-electron chi connectivity index (χ3n) is 3.91. The topological polar surface area (TPSA) is 66.5 Å². The van der Waals surface area contributed by atoms with Gasteiger partial charge in [-0.05, 0) is 41.3 Å². The smallest absolute Gasteiger partial charge is 0.205 e. The zero-order chi connectivity index (χ0) is 16.4. The fraction of sp³-hybridized carbons (Fsp3) is 0.167. The Kier molecular flexibility index (Phi) is 3.96. The molecule has 0 unspecified atom stereocenters. The van der Waals surface area contributed by atoms with Crippen molar-refractivity contribution >= 4 is 27.5 Å². The summed E-state index contributed by atoms with van der Waals surface area (Å²) in [6.07, 6.45) is 4.68. The predicted molar refractivity (Wildman–Crippen MR) is 98.1 cm³/mol. The summed E-state index contributed by atoms with van der Waals surface area (Å²) in [5.74, 6) is 0. The van der Waals surface area contributed by atoms with Crippen molar-refractivity contribution in [2.45, 2.75) is 19.9 Å². The van der Waals surface area contributed by atoms with Crippen LogP contribution in [-0.4, -0.2) is 20.2 Å². The highest BCUT2D eigenvalue weighted by molar-refractivity contribution is 7.15. The first-order valence-electron chi connectivity index (χ1n) is 7.91. The lowest BCUT2D eigenvalue weighted by molar-refractivity contribution is 0.975. The van der Waals surface area contributed by atoms with Crippen LogP contribution in [0.4, 0.5) is 5.13 Å². The van der Waals surface area contributed by atoms with Gasteiger partial charge in [0.2, 0.25) is 5.13 Å². The standard InChI is InChI=1S/C18H17N5S/c1-2-16-22-23-18(24-16)21-11-12-4-3-5-13(10-12)14-6-8-19-17-15(14)7-9-20-17/h3-10H,2,11H2,1H3,(H,19,20)(H,21,23). The first-order valence-corrected chi connectivity index (χ1v) is 8.73. The number of fused-ring (bicyclic) bond motifs is 1. The van der Waals surface area contributed by atoms with Crippen molar-refractivity contribution in [1.82, 2.24) is 20.2 Å². The minimum absolute atomic E-state index is 0.730. The Morgan fingerprint density at radius 3 is 3.00 bits per heavy atom. The van der Waals surface area contributed by atoms with Crippen LogP contribution in [0.2, 0.25) is 0 Å². The molecule has 3 aromatic heterocycles. The van der Waals surface area contributed by atoms with Gasteiger partial charge in [-0.1, -0.05) is 36.5 Å². The fourth-order valence-electron chi connectivity index (χ4n) is 2.71. The Labute approximate surface area is 143 Å². The van der Waals surface area contributed by atoms with E-state index in [9.17, 15) is 0 Å². The lowest BCUT2D eigenvalue weighted by Gasteiger charge is -2.07. The summed E-state index contributed by atoms with van der Waals surface area (Å²) in [6.45, 7) is 2.82. The maximum Gasteiger partial charge on any atom is 0.205 e.